The number of hydrogen-bond acceptors (Lipinski definition) is 7. The Morgan fingerprint density at radius 3 is 2.38 bits per heavy atom. The summed E-state index contributed by atoms with van der Waals surface area (Å²) in [4.78, 5) is 47.4. The summed E-state index contributed by atoms with van der Waals surface area (Å²) in [6.07, 6.45) is -1.02. The molecule has 3 rings (SSSR count). The number of ether oxygens (including phenoxy) is 2. The largest absolute Gasteiger partial charge is 0.513 e. The van der Waals surface area contributed by atoms with Crippen LogP contribution in [0.4, 0.5) is 4.79 Å². The van der Waals surface area contributed by atoms with Gasteiger partial charge in [-0.3, -0.25) is 9.59 Å². The highest BCUT2D eigenvalue weighted by molar-refractivity contribution is 6.67. The van der Waals surface area contributed by atoms with Gasteiger partial charge in [-0.1, -0.05) is 6.07 Å². The first-order chi connectivity index (χ1) is 12.4. The predicted molar refractivity (Wildman–Crippen MR) is 91.3 cm³/mol. The zero-order valence-electron chi connectivity index (χ0n) is 13.2. The third-order valence-corrected chi connectivity index (χ3v) is 3.71. The molecule has 2 aromatic carbocycles. The van der Waals surface area contributed by atoms with Gasteiger partial charge in [-0.05, 0) is 48.0 Å². The summed E-state index contributed by atoms with van der Waals surface area (Å²) < 4.78 is 15.2. The molecule has 0 atom stereocenters. The SMILES string of the molecule is COC(=O)Oc1cccc2c(=O)n(-c3ccc(C(=O)Cl)cc3)c(=O)oc12. The minimum Gasteiger partial charge on any atom is -0.437 e. The topological polar surface area (TPSA) is 105 Å². The molecule has 0 fully saturated rings. The second-order valence-electron chi connectivity index (χ2n) is 5.02. The van der Waals surface area contributed by atoms with Crippen molar-refractivity contribution in [3.63, 3.8) is 0 Å². The molecular formula is C17H10ClNO7. The van der Waals surface area contributed by atoms with E-state index in [1.165, 1.54) is 42.5 Å². The van der Waals surface area contributed by atoms with Crippen LogP contribution in [0.2, 0.25) is 0 Å². The summed E-state index contributed by atoms with van der Waals surface area (Å²) in [5, 5.41) is -0.650. The summed E-state index contributed by atoms with van der Waals surface area (Å²) in [6, 6.07) is 9.74. The molecule has 1 aromatic heterocycles. The molecule has 0 spiro atoms. The number of carbonyl (C=O) groups excluding carboxylic acids is 2. The van der Waals surface area contributed by atoms with Gasteiger partial charge in [0, 0.05) is 5.56 Å². The van der Waals surface area contributed by atoms with Crippen molar-refractivity contribution >= 4 is 34.0 Å². The number of carbonyl (C=O) groups is 2. The number of halogens is 1. The molecule has 0 aliphatic carbocycles. The van der Waals surface area contributed by atoms with Gasteiger partial charge < -0.3 is 13.9 Å². The van der Waals surface area contributed by atoms with Crippen LogP contribution in [0, 0.1) is 0 Å². The minimum absolute atomic E-state index is 0.0171. The Morgan fingerprint density at radius 2 is 1.77 bits per heavy atom. The number of benzene rings is 2. The fourth-order valence-corrected chi connectivity index (χ4v) is 2.43. The molecule has 9 heteroatoms. The molecule has 0 N–H and O–H groups in total. The van der Waals surface area contributed by atoms with Gasteiger partial charge in [0.25, 0.3) is 10.8 Å². The molecule has 26 heavy (non-hydrogen) atoms. The molecular weight excluding hydrogens is 366 g/mol. The standard InChI is InChI=1S/C17H10ClNO7/c1-24-17(23)25-12-4-2-3-11-13(12)26-16(22)19(15(11)21)10-7-5-9(6-8-10)14(18)20/h2-8H,1H3. The molecule has 0 unspecified atom stereocenters. The van der Waals surface area contributed by atoms with Gasteiger partial charge in [0.2, 0.25) is 0 Å². The average molecular weight is 376 g/mol. The molecule has 0 saturated carbocycles. The molecule has 8 nitrogen and oxygen atoms in total. The highest BCUT2D eigenvalue weighted by atomic mass is 35.5. The summed E-state index contributed by atoms with van der Waals surface area (Å²) in [7, 11) is 1.12. The van der Waals surface area contributed by atoms with E-state index in [2.05, 4.69) is 4.74 Å². The minimum atomic E-state index is -1.02. The number of methoxy groups -OCH3 is 1. The van der Waals surface area contributed by atoms with Crippen LogP contribution in [-0.4, -0.2) is 23.1 Å². The summed E-state index contributed by atoms with van der Waals surface area (Å²) in [6.45, 7) is 0. The van der Waals surface area contributed by atoms with Gasteiger partial charge in [-0.2, -0.15) is 0 Å². The highest BCUT2D eigenvalue weighted by Gasteiger charge is 2.17. The number of nitrogens with zero attached hydrogens (tertiary/aromatic N) is 1. The number of hydrogen-bond donors (Lipinski definition) is 0. The van der Waals surface area contributed by atoms with E-state index in [9.17, 15) is 19.2 Å². The molecule has 132 valence electrons. The Bertz CT molecular complexity index is 1130. The second kappa shape index (κ2) is 6.85. The van der Waals surface area contributed by atoms with Crippen LogP contribution in [0.15, 0.2) is 56.5 Å². The van der Waals surface area contributed by atoms with Gasteiger partial charge in [0.15, 0.2) is 11.3 Å². The van der Waals surface area contributed by atoms with Gasteiger partial charge in [0.1, 0.15) is 0 Å². The Hall–Kier alpha value is -3.39. The van der Waals surface area contributed by atoms with Gasteiger partial charge >= 0.3 is 11.9 Å². The molecule has 3 aromatic rings. The molecule has 0 aliphatic heterocycles. The zero-order chi connectivity index (χ0) is 18.8. The van der Waals surface area contributed by atoms with E-state index in [4.69, 9.17) is 20.8 Å². The van der Waals surface area contributed by atoms with Crippen molar-refractivity contribution in [1.82, 2.24) is 4.57 Å². The zero-order valence-corrected chi connectivity index (χ0v) is 14.0. The van der Waals surface area contributed by atoms with Crippen LogP contribution >= 0.6 is 11.6 Å². The molecule has 0 saturated heterocycles. The summed E-state index contributed by atoms with van der Waals surface area (Å²) in [5.41, 5.74) is -0.470. The monoisotopic (exact) mass is 375 g/mol. The number of rotatable bonds is 3. The van der Waals surface area contributed by atoms with Crippen LogP contribution in [-0.2, 0) is 4.74 Å². The second-order valence-corrected chi connectivity index (χ2v) is 5.36. The van der Waals surface area contributed by atoms with Crippen molar-refractivity contribution in [2.24, 2.45) is 0 Å². The van der Waals surface area contributed by atoms with Crippen LogP contribution < -0.4 is 16.1 Å². The maximum atomic E-state index is 12.7. The van der Waals surface area contributed by atoms with E-state index < -0.39 is 22.7 Å². The maximum absolute atomic E-state index is 12.7. The normalized spacial score (nSPS) is 10.5. The fraction of sp³-hybridized carbons (Fsp3) is 0.0588. The maximum Gasteiger partial charge on any atom is 0.513 e. The van der Waals surface area contributed by atoms with Crippen LogP contribution in [0.1, 0.15) is 10.4 Å². The Kier molecular flexibility index (Phi) is 4.59. The molecule has 0 radical (unpaired) electrons. The lowest BCUT2D eigenvalue weighted by Gasteiger charge is -2.08. The third-order valence-electron chi connectivity index (χ3n) is 3.50. The first-order valence-corrected chi connectivity index (χ1v) is 7.55. The van der Waals surface area contributed by atoms with E-state index in [1.54, 1.807) is 0 Å². The summed E-state index contributed by atoms with van der Waals surface area (Å²) in [5.74, 6) is -1.12. The van der Waals surface area contributed by atoms with Crippen LogP contribution in [0.25, 0.3) is 16.7 Å². The van der Waals surface area contributed by atoms with Crippen molar-refractivity contribution in [2.45, 2.75) is 0 Å². The highest BCUT2D eigenvalue weighted by Crippen LogP contribution is 2.23. The quantitative estimate of drug-likeness (QED) is 0.393. The predicted octanol–water partition coefficient (Wildman–Crippen LogP) is 2.47. The van der Waals surface area contributed by atoms with E-state index in [0.29, 0.717) is 0 Å². The number of fused-ring (bicyclic) bond motifs is 1. The Labute approximate surface area is 150 Å². The van der Waals surface area contributed by atoms with E-state index >= 15 is 0 Å². The lowest BCUT2D eigenvalue weighted by Crippen LogP contribution is -2.31. The van der Waals surface area contributed by atoms with Crippen molar-refractivity contribution in [3.05, 3.63) is 68.9 Å². The lowest BCUT2D eigenvalue weighted by atomic mass is 10.2. The van der Waals surface area contributed by atoms with Crippen molar-refractivity contribution in [2.75, 3.05) is 7.11 Å². The van der Waals surface area contributed by atoms with E-state index in [1.807, 2.05) is 0 Å². The molecule has 0 bridgehead atoms. The van der Waals surface area contributed by atoms with Crippen molar-refractivity contribution in [3.8, 4) is 11.4 Å². The Morgan fingerprint density at radius 1 is 1.08 bits per heavy atom. The van der Waals surface area contributed by atoms with Crippen molar-refractivity contribution in [1.29, 1.82) is 0 Å². The van der Waals surface area contributed by atoms with Gasteiger partial charge in [0.05, 0.1) is 18.2 Å². The molecule has 1 heterocycles. The average Bonchev–Trinajstić information content (AvgIpc) is 2.62. The first-order valence-electron chi connectivity index (χ1n) is 7.17. The third kappa shape index (κ3) is 3.09. The van der Waals surface area contributed by atoms with Crippen LogP contribution in [0.3, 0.4) is 0 Å². The smallest absolute Gasteiger partial charge is 0.437 e. The Balaban J connectivity index is 2.20. The summed E-state index contributed by atoms with van der Waals surface area (Å²) >= 11 is 5.37. The van der Waals surface area contributed by atoms with Gasteiger partial charge in [-0.15, -0.1) is 0 Å². The van der Waals surface area contributed by atoms with E-state index in [-0.39, 0.29) is 28.0 Å². The number of aromatic nitrogens is 1. The molecule has 0 amide bonds. The van der Waals surface area contributed by atoms with Crippen molar-refractivity contribution < 1.29 is 23.5 Å². The molecule has 0 aliphatic rings. The first kappa shape index (κ1) is 17.4. The fourth-order valence-electron chi connectivity index (χ4n) is 2.30. The van der Waals surface area contributed by atoms with E-state index in [0.717, 1.165) is 11.7 Å². The number of para-hydroxylation sites is 1. The van der Waals surface area contributed by atoms with Crippen LogP contribution in [0.5, 0.6) is 5.75 Å². The van der Waals surface area contributed by atoms with Gasteiger partial charge in [-0.25, -0.2) is 14.2 Å². The lowest BCUT2D eigenvalue weighted by molar-refractivity contribution is 0.108.